The molecule has 0 atom stereocenters. The molecule has 0 aliphatic heterocycles. The minimum atomic E-state index is -3.38. The number of halogens is 1. The molecule has 1 aromatic rings. The summed E-state index contributed by atoms with van der Waals surface area (Å²) in [5, 5.41) is 2.88. The van der Waals surface area contributed by atoms with E-state index >= 15 is 0 Å². The van der Waals surface area contributed by atoms with Crippen molar-refractivity contribution in [3.05, 3.63) is 23.2 Å². The molecule has 2 N–H and O–H groups in total. The van der Waals surface area contributed by atoms with Crippen molar-refractivity contribution in [3.8, 4) is 0 Å². The first-order chi connectivity index (χ1) is 9.31. The number of carbonyl (C=O) groups excluding carboxylic acids is 1. The van der Waals surface area contributed by atoms with Crippen molar-refractivity contribution in [2.24, 2.45) is 0 Å². The Balaban J connectivity index is 2.74. The second kappa shape index (κ2) is 7.47. The van der Waals surface area contributed by atoms with Gasteiger partial charge in [-0.3, -0.25) is 9.52 Å². The summed E-state index contributed by atoms with van der Waals surface area (Å²) < 4.78 is 29.7. The summed E-state index contributed by atoms with van der Waals surface area (Å²) in [5.74, 6) is -0.350. The summed E-state index contributed by atoms with van der Waals surface area (Å²) in [6.45, 7) is 2.36. The highest BCUT2D eigenvalue weighted by molar-refractivity contribution is 7.92. The number of hydrogen-bond donors (Lipinski definition) is 2. The highest BCUT2D eigenvalue weighted by Gasteiger charge is 2.09. The third kappa shape index (κ3) is 6.23. The Bertz CT molecular complexity index is 575. The number of anilines is 2. The molecular weight excluding hydrogens is 304 g/mol. The molecule has 8 heteroatoms. The normalized spacial score (nSPS) is 11.2. The molecular formula is C12H17ClN2O4S. The van der Waals surface area contributed by atoms with E-state index in [0.29, 0.717) is 23.0 Å². The average molecular weight is 321 g/mol. The zero-order chi connectivity index (χ0) is 15.2. The van der Waals surface area contributed by atoms with Gasteiger partial charge < -0.3 is 10.1 Å². The monoisotopic (exact) mass is 320 g/mol. The van der Waals surface area contributed by atoms with Gasteiger partial charge in [-0.05, 0) is 24.6 Å². The fraction of sp³-hybridized carbons (Fsp3) is 0.417. The first-order valence-electron chi connectivity index (χ1n) is 5.96. The third-order valence-electron chi connectivity index (χ3n) is 2.13. The van der Waals surface area contributed by atoms with Crippen LogP contribution in [0.5, 0.6) is 0 Å². The molecule has 0 spiro atoms. The molecule has 0 saturated heterocycles. The van der Waals surface area contributed by atoms with Gasteiger partial charge in [0.2, 0.25) is 15.9 Å². The number of amides is 1. The Morgan fingerprint density at radius 2 is 2.10 bits per heavy atom. The van der Waals surface area contributed by atoms with Crippen LogP contribution in [0.25, 0.3) is 0 Å². The number of rotatable bonds is 7. The van der Waals surface area contributed by atoms with Crippen molar-refractivity contribution in [2.75, 3.05) is 29.5 Å². The fourth-order valence-corrected chi connectivity index (χ4v) is 2.11. The summed E-state index contributed by atoms with van der Waals surface area (Å²) in [7, 11) is -3.38. The Morgan fingerprint density at radius 1 is 1.40 bits per heavy atom. The summed E-state index contributed by atoms with van der Waals surface area (Å²) in [4.78, 5) is 11.6. The standard InChI is InChI=1S/C12H17ClN2O4S/c1-3-6-19-8-12(16)14-11-7-9(4-5-10(11)13)15-20(2,17)18/h4-5,7,15H,3,6,8H2,1-2H3,(H,14,16). The van der Waals surface area contributed by atoms with Crippen molar-refractivity contribution in [1.29, 1.82) is 0 Å². The van der Waals surface area contributed by atoms with Crippen molar-refractivity contribution in [3.63, 3.8) is 0 Å². The van der Waals surface area contributed by atoms with Gasteiger partial charge in [-0.1, -0.05) is 18.5 Å². The lowest BCUT2D eigenvalue weighted by Gasteiger charge is -2.10. The molecule has 6 nitrogen and oxygen atoms in total. The topological polar surface area (TPSA) is 84.5 Å². The Morgan fingerprint density at radius 3 is 2.70 bits per heavy atom. The minimum absolute atomic E-state index is 0.0755. The van der Waals surface area contributed by atoms with Gasteiger partial charge in [0.05, 0.1) is 22.7 Å². The molecule has 0 fully saturated rings. The molecule has 0 heterocycles. The van der Waals surface area contributed by atoms with Crippen molar-refractivity contribution >= 4 is 38.9 Å². The zero-order valence-electron chi connectivity index (χ0n) is 11.3. The summed E-state index contributed by atoms with van der Waals surface area (Å²) >= 11 is 5.94. The largest absolute Gasteiger partial charge is 0.372 e. The zero-order valence-corrected chi connectivity index (χ0v) is 12.8. The second-order valence-electron chi connectivity index (χ2n) is 4.17. The molecule has 0 radical (unpaired) electrons. The number of nitrogens with one attached hydrogen (secondary N) is 2. The maximum absolute atomic E-state index is 11.6. The first kappa shape index (κ1) is 16.7. The lowest BCUT2D eigenvalue weighted by Crippen LogP contribution is -2.19. The maximum atomic E-state index is 11.6. The molecule has 0 unspecified atom stereocenters. The Kier molecular flexibility index (Phi) is 6.25. The van der Waals surface area contributed by atoms with Crippen LogP contribution in [-0.4, -0.2) is 33.8 Å². The molecule has 20 heavy (non-hydrogen) atoms. The number of ether oxygens (including phenoxy) is 1. The predicted octanol–water partition coefficient (Wildman–Crippen LogP) is 2.08. The van der Waals surface area contributed by atoms with Gasteiger partial charge in [0.1, 0.15) is 6.61 Å². The van der Waals surface area contributed by atoms with E-state index < -0.39 is 10.0 Å². The van der Waals surface area contributed by atoms with Gasteiger partial charge in [-0.2, -0.15) is 0 Å². The SMILES string of the molecule is CCCOCC(=O)Nc1cc(NS(C)(=O)=O)ccc1Cl. The van der Waals surface area contributed by atoms with Crippen LogP contribution in [0.3, 0.4) is 0 Å². The molecule has 0 bridgehead atoms. The van der Waals surface area contributed by atoms with Crippen LogP contribution in [0, 0.1) is 0 Å². The van der Waals surface area contributed by atoms with Crippen LogP contribution in [0.2, 0.25) is 5.02 Å². The molecule has 0 aliphatic rings. The smallest absolute Gasteiger partial charge is 0.250 e. The lowest BCUT2D eigenvalue weighted by molar-refractivity contribution is -0.120. The van der Waals surface area contributed by atoms with E-state index in [-0.39, 0.29) is 12.5 Å². The fourth-order valence-electron chi connectivity index (χ4n) is 1.39. The molecule has 112 valence electrons. The summed E-state index contributed by atoms with van der Waals surface area (Å²) in [6.07, 6.45) is 1.86. The van der Waals surface area contributed by atoms with E-state index in [1.807, 2.05) is 6.92 Å². The minimum Gasteiger partial charge on any atom is -0.372 e. The van der Waals surface area contributed by atoms with Gasteiger partial charge >= 0.3 is 0 Å². The van der Waals surface area contributed by atoms with Crippen molar-refractivity contribution < 1.29 is 17.9 Å². The van der Waals surface area contributed by atoms with Gasteiger partial charge in [0.25, 0.3) is 0 Å². The average Bonchev–Trinajstić information content (AvgIpc) is 2.32. The number of hydrogen-bond acceptors (Lipinski definition) is 4. The van der Waals surface area contributed by atoms with Gasteiger partial charge in [-0.15, -0.1) is 0 Å². The number of benzene rings is 1. The highest BCUT2D eigenvalue weighted by Crippen LogP contribution is 2.25. The second-order valence-corrected chi connectivity index (χ2v) is 6.33. The molecule has 1 rings (SSSR count). The van der Waals surface area contributed by atoms with Crippen LogP contribution >= 0.6 is 11.6 Å². The maximum Gasteiger partial charge on any atom is 0.250 e. The van der Waals surface area contributed by atoms with Crippen molar-refractivity contribution in [1.82, 2.24) is 0 Å². The summed E-state index contributed by atoms with van der Waals surface area (Å²) in [5.41, 5.74) is 0.645. The highest BCUT2D eigenvalue weighted by atomic mass is 35.5. The van der Waals surface area contributed by atoms with Crippen LogP contribution in [0.1, 0.15) is 13.3 Å². The molecule has 0 aromatic heterocycles. The van der Waals surface area contributed by atoms with Crippen LogP contribution in [0.15, 0.2) is 18.2 Å². The van der Waals surface area contributed by atoms with Crippen LogP contribution in [-0.2, 0) is 19.6 Å². The molecule has 1 aromatic carbocycles. The third-order valence-corrected chi connectivity index (χ3v) is 3.06. The Labute approximate surface area is 123 Å². The predicted molar refractivity (Wildman–Crippen MR) is 79.7 cm³/mol. The quantitative estimate of drug-likeness (QED) is 0.753. The van der Waals surface area contributed by atoms with Gasteiger partial charge in [0.15, 0.2) is 0 Å². The summed E-state index contributed by atoms with van der Waals surface area (Å²) in [6, 6.07) is 4.45. The number of carbonyl (C=O) groups is 1. The van der Waals surface area contributed by atoms with Gasteiger partial charge in [0, 0.05) is 6.61 Å². The van der Waals surface area contributed by atoms with Crippen LogP contribution in [0.4, 0.5) is 11.4 Å². The lowest BCUT2D eigenvalue weighted by atomic mass is 10.3. The first-order valence-corrected chi connectivity index (χ1v) is 8.23. The molecule has 0 aliphatic carbocycles. The van der Waals surface area contributed by atoms with Gasteiger partial charge in [-0.25, -0.2) is 8.42 Å². The van der Waals surface area contributed by atoms with E-state index in [9.17, 15) is 13.2 Å². The number of sulfonamides is 1. The van der Waals surface area contributed by atoms with Crippen LogP contribution < -0.4 is 10.0 Å². The van der Waals surface area contributed by atoms with E-state index in [1.54, 1.807) is 0 Å². The van der Waals surface area contributed by atoms with E-state index in [0.717, 1.165) is 12.7 Å². The van der Waals surface area contributed by atoms with E-state index in [2.05, 4.69) is 10.0 Å². The molecule has 1 amide bonds. The molecule has 0 saturated carbocycles. The Hall–Kier alpha value is -1.31. The van der Waals surface area contributed by atoms with E-state index in [4.69, 9.17) is 16.3 Å². The van der Waals surface area contributed by atoms with E-state index in [1.165, 1.54) is 18.2 Å². The van der Waals surface area contributed by atoms with Crippen molar-refractivity contribution in [2.45, 2.75) is 13.3 Å².